The van der Waals surface area contributed by atoms with Gasteiger partial charge in [0, 0.05) is 24.8 Å². The van der Waals surface area contributed by atoms with Crippen LogP contribution in [0.2, 0.25) is 0 Å². The number of amides is 2. The zero-order valence-corrected chi connectivity index (χ0v) is 12.8. The maximum absolute atomic E-state index is 12.2. The Morgan fingerprint density at radius 2 is 2.00 bits per heavy atom. The average molecular weight is 274 g/mol. The minimum atomic E-state index is -0.539. The average Bonchev–Trinajstić information content (AvgIpc) is 2.50. The van der Waals surface area contributed by atoms with Crippen LogP contribution >= 0.6 is 0 Å². The Bertz CT molecular complexity index is 562. The van der Waals surface area contributed by atoms with Gasteiger partial charge in [0.05, 0.1) is 5.41 Å². The van der Waals surface area contributed by atoms with Gasteiger partial charge >= 0.3 is 0 Å². The summed E-state index contributed by atoms with van der Waals surface area (Å²) in [5.41, 5.74) is 2.10. The molecule has 1 aliphatic rings. The molecular weight excluding hydrogens is 252 g/mol. The van der Waals surface area contributed by atoms with Crippen LogP contribution in [0, 0.1) is 5.92 Å². The van der Waals surface area contributed by atoms with E-state index in [2.05, 4.69) is 5.32 Å². The normalized spacial score (nSPS) is 16.5. The number of carbonyl (C=O) groups excluding carboxylic acids is 2. The van der Waals surface area contributed by atoms with Gasteiger partial charge in [0.15, 0.2) is 0 Å². The van der Waals surface area contributed by atoms with Gasteiger partial charge in [0.1, 0.15) is 0 Å². The first-order chi connectivity index (χ1) is 9.23. The van der Waals surface area contributed by atoms with Gasteiger partial charge in [-0.3, -0.25) is 9.59 Å². The van der Waals surface area contributed by atoms with Gasteiger partial charge in [-0.1, -0.05) is 13.8 Å². The molecule has 1 aromatic rings. The van der Waals surface area contributed by atoms with Crippen molar-refractivity contribution >= 4 is 23.2 Å². The number of fused-ring (bicyclic) bond motifs is 1. The summed E-state index contributed by atoms with van der Waals surface area (Å²) in [6.45, 7) is 7.85. The first-order valence-corrected chi connectivity index (χ1v) is 6.96. The number of nitrogens with zero attached hydrogens (tertiary/aromatic N) is 1. The van der Waals surface area contributed by atoms with E-state index in [4.69, 9.17) is 0 Å². The minimum absolute atomic E-state index is 0.00966. The lowest BCUT2D eigenvalue weighted by atomic mass is 9.86. The second kappa shape index (κ2) is 4.93. The van der Waals surface area contributed by atoms with Crippen molar-refractivity contribution in [3.05, 3.63) is 23.8 Å². The van der Waals surface area contributed by atoms with Crippen LogP contribution in [0.25, 0.3) is 0 Å². The van der Waals surface area contributed by atoms with Gasteiger partial charge < -0.3 is 10.2 Å². The second-order valence-electron chi connectivity index (χ2n) is 6.37. The summed E-state index contributed by atoms with van der Waals surface area (Å²) in [5.74, 6) is 0.419. The van der Waals surface area contributed by atoms with Crippen molar-refractivity contribution in [3.63, 3.8) is 0 Å². The lowest BCUT2D eigenvalue weighted by Crippen LogP contribution is -2.33. The molecule has 0 spiro atoms. The number of rotatable bonds is 3. The first-order valence-electron chi connectivity index (χ1n) is 6.96. The highest BCUT2D eigenvalue weighted by molar-refractivity contribution is 6.07. The maximum Gasteiger partial charge on any atom is 0.236 e. The van der Waals surface area contributed by atoms with Crippen LogP contribution < -0.4 is 10.2 Å². The smallest absolute Gasteiger partial charge is 0.236 e. The second-order valence-corrected chi connectivity index (χ2v) is 6.37. The van der Waals surface area contributed by atoms with E-state index in [-0.39, 0.29) is 11.8 Å². The minimum Gasteiger partial charge on any atom is -0.326 e. The Labute approximate surface area is 120 Å². The Morgan fingerprint density at radius 3 is 2.60 bits per heavy atom. The summed E-state index contributed by atoms with van der Waals surface area (Å²) in [6.07, 6.45) is 0.499. The highest BCUT2D eigenvalue weighted by Gasteiger charge is 2.42. The largest absolute Gasteiger partial charge is 0.326 e. The molecule has 0 aliphatic carbocycles. The molecule has 4 nitrogen and oxygen atoms in total. The van der Waals surface area contributed by atoms with E-state index in [9.17, 15) is 9.59 Å². The van der Waals surface area contributed by atoms with Crippen LogP contribution in [-0.2, 0) is 15.0 Å². The highest BCUT2D eigenvalue weighted by Crippen LogP contribution is 2.41. The number of carbonyl (C=O) groups is 2. The Balaban J connectivity index is 2.28. The summed E-state index contributed by atoms with van der Waals surface area (Å²) in [4.78, 5) is 25.7. The van der Waals surface area contributed by atoms with Gasteiger partial charge in [-0.05, 0) is 43.5 Å². The van der Waals surface area contributed by atoms with Gasteiger partial charge in [-0.15, -0.1) is 0 Å². The zero-order valence-electron chi connectivity index (χ0n) is 12.8. The first kappa shape index (κ1) is 14.6. The fourth-order valence-electron chi connectivity index (χ4n) is 2.63. The molecule has 0 atom stereocenters. The van der Waals surface area contributed by atoms with Crippen molar-refractivity contribution in [1.82, 2.24) is 0 Å². The molecule has 20 heavy (non-hydrogen) atoms. The van der Waals surface area contributed by atoms with Crippen LogP contribution in [0.15, 0.2) is 18.2 Å². The number of nitrogens with one attached hydrogen (secondary N) is 1. The van der Waals surface area contributed by atoms with E-state index in [1.54, 1.807) is 11.9 Å². The molecule has 108 valence electrons. The third-order valence-electron chi connectivity index (χ3n) is 3.75. The van der Waals surface area contributed by atoms with Crippen LogP contribution in [0.3, 0.4) is 0 Å². The van der Waals surface area contributed by atoms with Crippen molar-refractivity contribution in [2.75, 3.05) is 17.3 Å². The van der Waals surface area contributed by atoms with Crippen molar-refractivity contribution in [2.45, 2.75) is 39.5 Å². The van der Waals surface area contributed by atoms with E-state index in [1.807, 2.05) is 45.9 Å². The van der Waals surface area contributed by atoms with Crippen molar-refractivity contribution < 1.29 is 9.59 Å². The highest BCUT2D eigenvalue weighted by atomic mass is 16.2. The molecule has 1 aliphatic heterocycles. The molecule has 2 rings (SSSR count). The van der Waals surface area contributed by atoms with Gasteiger partial charge in [0.25, 0.3) is 0 Å². The van der Waals surface area contributed by atoms with E-state index in [0.717, 1.165) is 16.9 Å². The van der Waals surface area contributed by atoms with Gasteiger partial charge in [0.2, 0.25) is 11.8 Å². The lowest BCUT2D eigenvalue weighted by molar-refractivity contribution is -0.121. The fourth-order valence-corrected chi connectivity index (χ4v) is 2.63. The number of anilines is 2. The number of likely N-dealkylation sites (N-methyl/N-ethyl adjacent to an activating group) is 1. The zero-order chi connectivity index (χ0) is 15.1. The predicted molar refractivity (Wildman–Crippen MR) is 81.0 cm³/mol. The molecule has 2 amide bonds. The Hall–Kier alpha value is -1.84. The molecule has 1 N–H and O–H groups in total. The maximum atomic E-state index is 12.2. The quantitative estimate of drug-likeness (QED) is 0.921. The molecule has 4 heteroatoms. The predicted octanol–water partition coefficient (Wildman–Crippen LogP) is 2.93. The summed E-state index contributed by atoms with van der Waals surface area (Å²) in [7, 11) is 1.78. The molecule has 0 radical (unpaired) electrons. The van der Waals surface area contributed by atoms with Crippen molar-refractivity contribution in [1.29, 1.82) is 0 Å². The third kappa shape index (κ3) is 2.42. The molecule has 0 aromatic heterocycles. The molecule has 0 saturated carbocycles. The summed E-state index contributed by atoms with van der Waals surface area (Å²) < 4.78 is 0. The lowest BCUT2D eigenvalue weighted by Gasteiger charge is -2.17. The molecular formula is C16H22N2O2. The van der Waals surface area contributed by atoms with E-state index in [1.165, 1.54) is 0 Å². The Kier molecular flexibility index (Phi) is 3.59. The van der Waals surface area contributed by atoms with Crippen molar-refractivity contribution in [2.24, 2.45) is 5.92 Å². The fraction of sp³-hybridized carbons (Fsp3) is 0.500. The summed E-state index contributed by atoms with van der Waals surface area (Å²) in [5, 5.41) is 2.90. The molecule has 0 saturated heterocycles. The third-order valence-corrected chi connectivity index (χ3v) is 3.75. The Morgan fingerprint density at radius 1 is 1.35 bits per heavy atom. The van der Waals surface area contributed by atoms with Crippen LogP contribution in [0.4, 0.5) is 11.4 Å². The molecule has 0 unspecified atom stereocenters. The molecule has 0 bridgehead atoms. The van der Waals surface area contributed by atoms with E-state index in [0.29, 0.717) is 12.3 Å². The standard InChI is InChI=1S/C16H22N2O2/c1-10(2)8-14(19)17-11-6-7-13-12(9-11)16(3,4)15(20)18(13)5/h6-7,9-10H,8H2,1-5H3,(H,17,19). The summed E-state index contributed by atoms with van der Waals surface area (Å²) in [6, 6.07) is 5.66. The summed E-state index contributed by atoms with van der Waals surface area (Å²) >= 11 is 0. The topological polar surface area (TPSA) is 49.4 Å². The number of hydrogen-bond acceptors (Lipinski definition) is 2. The van der Waals surface area contributed by atoms with Gasteiger partial charge in [-0.2, -0.15) is 0 Å². The molecule has 0 fully saturated rings. The van der Waals surface area contributed by atoms with Gasteiger partial charge in [-0.25, -0.2) is 0 Å². The van der Waals surface area contributed by atoms with Crippen LogP contribution in [-0.4, -0.2) is 18.9 Å². The van der Waals surface area contributed by atoms with E-state index < -0.39 is 5.41 Å². The van der Waals surface area contributed by atoms with Crippen LogP contribution in [0.5, 0.6) is 0 Å². The SMILES string of the molecule is CC(C)CC(=O)Nc1ccc2c(c1)C(C)(C)C(=O)N2C. The van der Waals surface area contributed by atoms with Crippen LogP contribution in [0.1, 0.15) is 39.7 Å². The number of benzene rings is 1. The molecule has 1 aromatic carbocycles. The molecule has 1 heterocycles. The van der Waals surface area contributed by atoms with Crippen molar-refractivity contribution in [3.8, 4) is 0 Å². The number of hydrogen-bond donors (Lipinski definition) is 1. The monoisotopic (exact) mass is 274 g/mol. The van der Waals surface area contributed by atoms with E-state index >= 15 is 0 Å².